The van der Waals surface area contributed by atoms with Gasteiger partial charge in [-0.05, 0) is 97.2 Å². The molecule has 60 heavy (non-hydrogen) atoms. The third-order valence-electron chi connectivity index (χ3n) is 9.93. The number of hydrogen-bond acceptors (Lipinski definition) is 13. The number of nitrogen functional groups attached to an aromatic ring is 1. The minimum atomic E-state index is -0.408. The number of benzene rings is 4. The van der Waals surface area contributed by atoms with Crippen LogP contribution in [0.3, 0.4) is 0 Å². The Labute approximate surface area is 354 Å². The molecule has 0 saturated heterocycles. The minimum absolute atomic E-state index is 0.0231. The zero-order valence-corrected chi connectivity index (χ0v) is 34.0. The molecule has 6 aromatic rings. The molecular weight excluding hydrogens is 807 g/mol. The van der Waals surface area contributed by atoms with E-state index in [2.05, 4.69) is 51.8 Å². The summed E-state index contributed by atoms with van der Waals surface area (Å²) in [6.45, 7) is 0. The maximum atomic E-state index is 12.1. The van der Waals surface area contributed by atoms with Crippen molar-refractivity contribution in [2.75, 3.05) is 41.1 Å². The van der Waals surface area contributed by atoms with Crippen molar-refractivity contribution in [3.63, 3.8) is 0 Å². The first-order chi connectivity index (χ1) is 29.0. The van der Waals surface area contributed by atoms with Crippen molar-refractivity contribution in [3.8, 4) is 0 Å². The van der Waals surface area contributed by atoms with Gasteiger partial charge in [0.15, 0.2) is 11.6 Å². The second kappa shape index (κ2) is 18.3. The number of nitrogens with two attached hydrogens (primary N) is 1. The van der Waals surface area contributed by atoms with Crippen LogP contribution in [-0.4, -0.2) is 50.8 Å². The fourth-order valence-electron chi connectivity index (χ4n) is 7.12. The van der Waals surface area contributed by atoms with Gasteiger partial charge in [-0.15, -0.1) is 0 Å². The summed E-state index contributed by atoms with van der Waals surface area (Å²) < 4.78 is 0. The number of halogens is 2. The Kier molecular flexibility index (Phi) is 12.5. The number of para-hydroxylation sites is 2. The van der Waals surface area contributed by atoms with E-state index in [1.165, 1.54) is 29.6 Å². The van der Waals surface area contributed by atoms with E-state index in [1.54, 1.807) is 62.6 Å². The highest BCUT2D eigenvalue weighted by atomic mass is 35.5. The van der Waals surface area contributed by atoms with Crippen molar-refractivity contribution in [3.05, 3.63) is 139 Å². The van der Waals surface area contributed by atoms with Crippen LogP contribution in [0.25, 0.3) is 0 Å². The van der Waals surface area contributed by atoms with Crippen LogP contribution < -0.4 is 37.6 Å². The molecule has 0 spiro atoms. The molecule has 2 aliphatic rings. The van der Waals surface area contributed by atoms with Crippen LogP contribution in [0.5, 0.6) is 0 Å². The zero-order valence-electron chi connectivity index (χ0n) is 32.5. The van der Waals surface area contributed by atoms with Gasteiger partial charge < -0.3 is 37.6 Å². The lowest BCUT2D eigenvalue weighted by Gasteiger charge is -2.14. The molecule has 0 radical (unpaired) electrons. The van der Waals surface area contributed by atoms with Gasteiger partial charge in [0.1, 0.15) is 10.0 Å². The highest BCUT2D eigenvalue weighted by Crippen LogP contribution is 2.36. The van der Waals surface area contributed by atoms with E-state index in [-0.39, 0.29) is 28.5 Å². The first-order valence-electron chi connectivity index (χ1n) is 19.0. The average Bonchev–Trinajstić information content (AvgIpc) is 3.94. The fourth-order valence-corrected chi connectivity index (χ4v) is 7.40. The molecule has 2 heterocycles. The molecule has 2 aromatic heterocycles. The van der Waals surface area contributed by atoms with Crippen molar-refractivity contribution in [2.45, 2.75) is 38.5 Å². The number of carbonyl (C=O) groups excluding carboxylic acids is 2. The number of nitrogens with one attached hydrogen (secondary N) is 6. The smallest absolute Gasteiger partial charge is 0.271 e. The average molecular weight is 848 g/mol. The molecule has 0 saturated carbocycles. The Hall–Kier alpha value is -7.04. The fraction of sp³-hybridized carbons (Fsp3) is 0.190. The molecule has 0 fully saturated rings. The number of aromatic nitrogens is 4. The molecule has 8 N–H and O–H groups in total. The second-order valence-electron chi connectivity index (χ2n) is 13.8. The molecule has 0 aliphatic heterocycles. The number of nitro groups is 1. The van der Waals surface area contributed by atoms with E-state index in [9.17, 15) is 19.7 Å². The number of non-ortho nitro benzene ring substituents is 1. The summed E-state index contributed by atoms with van der Waals surface area (Å²) in [5.41, 5.74) is 14.9. The quantitative estimate of drug-likeness (QED) is 0.0370. The molecule has 0 bridgehead atoms. The van der Waals surface area contributed by atoms with Crippen molar-refractivity contribution in [2.24, 2.45) is 0 Å². The van der Waals surface area contributed by atoms with E-state index >= 15 is 0 Å². The number of nitrogens with zero attached hydrogens (tertiary/aromatic N) is 5. The van der Waals surface area contributed by atoms with E-state index in [1.807, 2.05) is 18.2 Å². The van der Waals surface area contributed by atoms with Crippen LogP contribution in [0, 0.1) is 10.1 Å². The molecule has 18 heteroatoms. The standard InChI is InChI=1S/C21H19ClN6O3.C21H21ClN6O/c1-23-20(29)15-6-2-3-8-17(15)25-19-16(22)11-24-21(27-19)26-18-10-13(28(30)31)9-12-5-4-7-14(12)18;1-24-20(29)15-6-2-3-8-17(15)26-19-16(22)11-25-21(28-19)27-18-10-13(23)9-12-5-4-7-14(12)18/h2-3,6,8-11H,4-5,7H2,1H3,(H,23,29)(H2,24,25,26,27);2-3,6,8-11H,4-5,7,23H2,1H3,(H,24,29)(H2,25,26,27,28). The van der Waals surface area contributed by atoms with Gasteiger partial charge in [-0.25, -0.2) is 9.97 Å². The normalized spacial score (nSPS) is 12.3. The summed E-state index contributed by atoms with van der Waals surface area (Å²) in [6, 6.07) is 21.2. The molecule has 2 aliphatic carbocycles. The third kappa shape index (κ3) is 9.30. The van der Waals surface area contributed by atoms with Crippen LogP contribution in [0.15, 0.2) is 85.2 Å². The van der Waals surface area contributed by atoms with Crippen LogP contribution >= 0.6 is 23.2 Å². The van der Waals surface area contributed by atoms with E-state index in [0.717, 1.165) is 55.3 Å². The summed E-state index contributed by atoms with van der Waals surface area (Å²) in [6.07, 6.45) is 8.65. The van der Waals surface area contributed by atoms with E-state index < -0.39 is 4.92 Å². The van der Waals surface area contributed by atoms with Gasteiger partial charge in [0.2, 0.25) is 11.9 Å². The monoisotopic (exact) mass is 846 g/mol. The summed E-state index contributed by atoms with van der Waals surface area (Å²) in [7, 11) is 3.14. The lowest BCUT2D eigenvalue weighted by molar-refractivity contribution is -0.384. The topological polar surface area (TPSA) is 227 Å². The molecule has 306 valence electrons. The van der Waals surface area contributed by atoms with Crippen LogP contribution in [-0.2, 0) is 25.7 Å². The van der Waals surface area contributed by atoms with Crippen LogP contribution in [0.2, 0.25) is 10.0 Å². The van der Waals surface area contributed by atoms with Crippen molar-refractivity contribution in [1.29, 1.82) is 0 Å². The number of aryl methyl sites for hydroxylation is 2. The number of amides is 2. The Bertz CT molecular complexity index is 2630. The van der Waals surface area contributed by atoms with E-state index in [0.29, 0.717) is 56.5 Å². The van der Waals surface area contributed by atoms with Gasteiger partial charge in [-0.1, -0.05) is 47.5 Å². The summed E-state index contributed by atoms with van der Waals surface area (Å²) in [5.74, 6) is 0.886. The Morgan fingerprint density at radius 3 is 1.60 bits per heavy atom. The number of carbonyl (C=O) groups is 2. The molecule has 16 nitrogen and oxygen atoms in total. The van der Waals surface area contributed by atoms with Crippen LogP contribution in [0.1, 0.15) is 55.8 Å². The van der Waals surface area contributed by atoms with Gasteiger partial charge in [0.05, 0.1) is 45.5 Å². The Morgan fingerprint density at radius 2 is 1.12 bits per heavy atom. The first kappa shape index (κ1) is 41.1. The van der Waals surface area contributed by atoms with Gasteiger partial charge >= 0.3 is 0 Å². The lowest BCUT2D eigenvalue weighted by atomic mass is 10.1. The molecule has 0 unspecified atom stereocenters. The van der Waals surface area contributed by atoms with Crippen molar-refractivity contribution >= 4 is 92.7 Å². The number of anilines is 9. The van der Waals surface area contributed by atoms with Gasteiger partial charge in [0, 0.05) is 37.6 Å². The minimum Gasteiger partial charge on any atom is -0.399 e. The zero-order chi connectivity index (χ0) is 42.3. The highest BCUT2D eigenvalue weighted by Gasteiger charge is 2.22. The molecule has 8 rings (SSSR count). The van der Waals surface area contributed by atoms with Gasteiger partial charge in [-0.2, -0.15) is 9.97 Å². The van der Waals surface area contributed by atoms with Gasteiger partial charge in [0.25, 0.3) is 17.5 Å². The SMILES string of the molecule is CNC(=O)c1ccccc1Nc1nc(Nc2cc(N)cc3c2CCC3)ncc1Cl.CNC(=O)c1ccccc1Nc1nc(Nc2cc([N+](=O)[O-])cc3c2CCC3)ncc1Cl. The molecule has 4 aromatic carbocycles. The highest BCUT2D eigenvalue weighted by molar-refractivity contribution is 6.33. The predicted molar refractivity (Wildman–Crippen MR) is 235 cm³/mol. The van der Waals surface area contributed by atoms with E-state index in [4.69, 9.17) is 28.9 Å². The number of nitro benzene ring substituents is 1. The summed E-state index contributed by atoms with van der Waals surface area (Å²) in [5, 5.41) is 29.7. The van der Waals surface area contributed by atoms with Crippen molar-refractivity contribution < 1.29 is 14.5 Å². The number of hydrogen-bond donors (Lipinski definition) is 7. The Balaban J connectivity index is 0.000000182. The number of fused-ring (bicyclic) bond motifs is 2. The molecule has 0 atom stereocenters. The van der Waals surface area contributed by atoms with Crippen molar-refractivity contribution in [1.82, 2.24) is 30.6 Å². The molecule has 2 amide bonds. The number of rotatable bonds is 11. The van der Waals surface area contributed by atoms with Crippen LogP contribution in [0.4, 0.5) is 57.7 Å². The van der Waals surface area contributed by atoms with Gasteiger partial charge in [-0.3, -0.25) is 19.7 Å². The first-order valence-corrected chi connectivity index (χ1v) is 19.7. The maximum absolute atomic E-state index is 12.1. The Morgan fingerprint density at radius 1 is 0.650 bits per heavy atom. The summed E-state index contributed by atoms with van der Waals surface area (Å²) in [4.78, 5) is 52.6. The lowest BCUT2D eigenvalue weighted by Crippen LogP contribution is -2.19. The third-order valence-corrected chi connectivity index (χ3v) is 10.5. The predicted octanol–water partition coefficient (Wildman–Crippen LogP) is 8.42. The summed E-state index contributed by atoms with van der Waals surface area (Å²) >= 11 is 12.6. The maximum Gasteiger partial charge on any atom is 0.271 e. The largest absolute Gasteiger partial charge is 0.399 e. The molecular formula is C42H40Cl2N12O4. The second-order valence-corrected chi connectivity index (χ2v) is 14.6.